The highest BCUT2D eigenvalue weighted by atomic mass is 32.1. The molecule has 6 heterocycles. The Hall–Kier alpha value is -2.06. The van der Waals surface area contributed by atoms with E-state index >= 15 is 0 Å². The molecule has 3 aliphatic heterocycles. The number of rotatable bonds is 4. The molecule has 0 fully saturated rings. The Balaban J connectivity index is 1.10. The van der Waals surface area contributed by atoms with Gasteiger partial charge < -0.3 is 9.88 Å². The maximum Gasteiger partial charge on any atom is 0.107 e. The Morgan fingerprint density at radius 3 is 2.81 bits per heavy atom. The van der Waals surface area contributed by atoms with Gasteiger partial charge in [-0.15, -0.1) is 11.3 Å². The first-order valence-electron chi connectivity index (χ1n) is 11.4. The second-order valence-electron chi connectivity index (χ2n) is 9.32. The van der Waals surface area contributed by atoms with Gasteiger partial charge >= 0.3 is 0 Å². The molecule has 3 aliphatic rings. The lowest BCUT2D eigenvalue weighted by atomic mass is 10.0. The van der Waals surface area contributed by atoms with Crippen molar-refractivity contribution in [3.05, 3.63) is 68.2 Å². The van der Waals surface area contributed by atoms with Crippen LogP contribution < -0.4 is 0 Å². The zero-order chi connectivity index (χ0) is 20.8. The van der Waals surface area contributed by atoms with E-state index in [1.54, 1.807) is 0 Å². The zero-order valence-corrected chi connectivity index (χ0v) is 19.0. The molecule has 0 aliphatic carbocycles. The van der Waals surface area contributed by atoms with Crippen LogP contribution in [0.5, 0.6) is 0 Å². The number of hydrogen-bond acceptors (Lipinski definition) is 6. The van der Waals surface area contributed by atoms with E-state index in [0.29, 0.717) is 0 Å². The summed E-state index contributed by atoms with van der Waals surface area (Å²) in [6.07, 6.45) is 7.43. The third kappa shape index (κ3) is 4.07. The smallest absolute Gasteiger partial charge is 0.107 e. The number of H-pyrrole nitrogens is 1. The van der Waals surface area contributed by atoms with Crippen molar-refractivity contribution in [1.29, 1.82) is 0 Å². The van der Waals surface area contributed by atoms with Gasteiger partial charge in [-0.05, 0) is 35.9 Å². The minimum absolute atomic E-state index is 0.977. The highest BCUT2D eigenvalue weighted by Gasteiger charge is 2.24. The van der Waals surface area contributed by atoms with Gasteiger partial charge in [-0.2, -0.15) is 0 Å². The molecule has 0 unspecified atom stereocenters. The van der Waals surface area contributed by atoms with Crippen LogP contribution in [0.1, 0.15) is 43.7 Å². The number of nitrogens with one attached hydrogen (secondary N) is 1. The van der Waals surface area contributed by atoms with Crippen LogP contribution in [-0.4, -0.2) is 56.3 Å². The maximum absolute atomic E-state index is 5.02. The second kappa shape index (κ2) is 8.13. The molecule has 0 amide bonds. The highest BCUT2D eigenvalue weighted by molar-refractivity contribution is 7.11. The standard InChI is InChI=1S/C24H30N6S/c1-28-7-3-21-19(13-28)10-17(11-26-21)12-29-9-5-22-23(15-29)31-24(27-22)16-30-8-4-20-18(14-30)2-6-25-20/h2,6,10-11,25H,3-5,7-9,12-16H2,1H3. The minimum Gasteiger partial charge on any atom is -0.365 e. The van der Waals surface area contributed by atoms with Gasteiger partial charge in [0.1, 0.15) is 5.01 Å². The van der Waals surface area contributed by atoms with Gasteiger partial charge in [0.25, 0.3) is 0 Å². The van der Waals surface area contributed by atoms with Crippen molar-refractivity contribution < 1.29 is 0 Å². The summed E-state index contributed by atoms with van der Waals surface area (Å²) >= 11 is 1.93. The summed E-state index contributed by atoms with van der Waals surface area (Å²) in [5.41, 5.74) is 8.24. The normalized spacial score (nSPS) is 19.8. The largest absolute Gasteiger partial charge is 0.365 e. The first kappa shape index (κ1) is 19.6. The Labute approximate surface area is 187 Å². The third-order valence-corrected chi connectivity index (χ3v) is 7.98. The molecule has 0 saturated heterocycles. The summed E-state index contributed by atoms with van der Waals surface area (Å²) < 4.78 is 0. The average molecular weight is 435 g/mol. The SMILES string of the molecule is CN1CCc2ncc(CN3CCc4nc(CN5CCc6[nH]ccc6C5)sc4C3)cc2C1. The van der Waals surface area contributed by atoms with E-state index in [-0.39, 0.29) is 0 Å². The molecule has 3 aromatic heterocycles. The van der Waals surface area contributed by atoms with Gasteiger partial charge in [-0.3, -0.25) is 14.8 Å². The van der Waals surface area contributed by atoms with E-state index in [2.05, 4.69) is 51.3 Å². The molecule has 0 bridgehead atoms. The van der Waals surface area contributed by atoms with Crippen LogP contribution in [0.15, 0.2) is 24.5 Å². The number of nitrogens with zero attached hydrogens (tertiary/aromatic N) is 5. The Bertz CT molecular complexity index is 1090. The number of pyridine rings is 1. The van der Waals surface area contributed by atoms with E-state index in [4.69, 9.17) is 9.97 Å². The van der Waals surface area contributed by atoms with Gasteiger partial charge in [0.15, 0.2) is 0 Å². The van der Waals surface area contributed by atoms with Crippen molar-refractivity contribution in [1.82, 2.24) is 29.7 Å². The molecule has 162 valence electrons. The van der Waals surface area contributed by atoms with Crippen molar-refractivity contribution in [3.63, 3.8) is 0 Å². The molecule has 0 radical (unpaired) electrons. The van der Waals surface area contributed by atoms with E-state index in [1.807, 2.05) is 11.3 Å². The number of aromatic amines is 1. The fourth-order valence-corrected chi connectivity index (χ4v) is 6.40. The van der Waals surface area contributed by atoms with Crippen molar-refractivity contribution >= 4 is 11.3 Å². The highest BCUT2D eigenvalue weighted by Crippen LogP contribution is 2.28. The summed E-state index contributed by atoms with van der Waals surface area (Å²) in [4.78, 5) is 22.1. The second-order valence-corrected chi connectivity index (χ2v) is 10.5. The van der Waals surface area contributed by atoms with Crippen molar-refractivity contribution in [3.8, 4) is 0 Å². The Morgan fingerprint density at radius 1 is 0.968 bits per heavy atom. The molecule has 0 aromatic carbocycles. The molecular formula is C24H30N6S. The van der Waals surface area contributed by atoms with Crippen LogP contribution >= 0.6 is 11.3 Å². The van der Waals surface area contributed by atoms with E-state index in [1.165, 1.54) is 43.7 Å². The lowest BCUT2D eigenvalue weighted by Crippen LogP contribution is -2.30. The maximum atomic E-state index is 5.02. The lowest BCUT2D eigenvalue weighted by Gasteiger charge is -2.27. The summed E-state index contributed by atoms with van der Waals surface area (Å²) in [7, 11) is 2.20. The first-order chi connectivity index (χ1) is 15.2. The zero-order valence-electron chi connectivity index (χ0n) is 18.2. The van der Waals surface area contributed by atoms with Crippen LogP contribution in [0.2, 0.25) is 0 Å². The minimum atomic E-state index is 0.977. The summed E-state index contributed by atoms with van der Waals surface area (Å²) in [6, 6.07) is 4.61. The number of aromatic nitrogens is 3. The van der Waals surface area contributed by atoms with Gasteiger partial charge in [-0.25, -0.2) is 4.98 Å². The molecule has 0 spiro atoms. The lowest BCUT2D eigenvalue weighted by molar-refractivity contribution is 0.242. The quantitative estimate of drug-likeness (QED) is 0.684. The van der Waals surface area contributed by atoms with Crippen molar-refractivity contribution in [2.24, 2.45) is 0 Å². The summed E-state index contributed by atoms with van der Waals surface area (Å²) in [5.74, 6) is 0. The van der Waals surface area contributed by atoms with E-state index in [0.717, 1.165) is 71.6 Å². The van der Waals surface area contributed by atoms with Crippen LogP contribution in [0, 0.1) is 0 Å². The molecule has 1 N–H and O–H groups in total. The van der Waals surface area contributed by atoms with Gasteiger partial charge in [0, 0.05) is 93.7 Å². The average Bonchev–Trinajstić information content (AvgIpc) is 3.39. The van der Waals surface area contributed by atoms with Crippen LogP contribution in [0.4, 0.5) is 0 Å². The predicted octanol–water partition coefficient (Wildman–Crippen LogP) is 2.97. The fraction of sp³-hybridized carbons (Fsp3) is 0.500. The van der Waals surface area contributed by atoms with Crippen LogP contribution in [-0.2, 0) is 52.0 Å². The summed E-state index contributed by atoms with van der Waals surface area (Å²) in [5, 5.41) is 1.28. The summed E-state index contributed by atoms with van der Waals surface area (Å²) in [6.45, 7) is 8.37. The molecule has 6 nitrogen and oxygen atoms in total. The molecule has 7 heteroatoms. The number of likely N-dealkylation sites (N-methyl/N-ethyl adjacent to an activating group) is 1. The van der Waals surface area contributed by atoms with E-state index < -0.39 is 0 Å². The molecular weight excluding hydrogens is 404 g/mol. The van der Waals surface area contributed by atoms with Gasteiger partial charge in [0.2, 0.25) is 0 Å². The van der Waals surface area contributed by atoms with E-state index in [9.17, 15) is 0 Å². The van der Waals surface area contributed by atoms with Crippen LogP contribution in [0.25, 0.3) is 0 Å². The molecule has 31 heavy (non-hydrogen) atoms. The molecule has 3 aromatic rings. The topological polar surface area (TPSA) is 51.3 Å². The third-order valence-electron chi connectivity index (χ3n) is 6.91. The first-order valence-corrected chi connectivity index (χ1v) is 12.2. The monoisotopic (exact) mass is 434 g/mol. The number of thiazole rings is 1. The number of fused-ring (bicyclic) bond motifs is 3. The van der Waals surface area contributed by atoms with Gasteiger partial charge in [-0.1, -0.05) is 0 Å². The van der Waals surface area contributed by atoms with Crippen molar-refractivity contribution in [2.75, 3.05) is 26.7 Å². The Morgan fingerprint density at radius 2 is 1.84 bits per heavy atom. The number of hydrogen-bond donors (Lipinski definition) is 1. The van der Waals surface area contributed by atoms with Gasteiger partial charge in [0.05, 0.1) is 12.2 Å². The van der Waals surface area contributed by atoms with Crippen LogP contribution in [0.3, 0.4) is 0 Å². The van der Waals surface area contributed by atoms with Crippen molar-refractivity contribution in [2.45, 2.75) is 52.0 Å². The Kier molecular flexibility index (Phi) is 5.14. The molecule has 0 atom stereocenters. The molecule has 6 rings (SSSR count). The fourth-order valence-electron chi connectivity index (χ4n) is 5.20. The molecule has 0 saturated carbocycles. The predicted molar refractivity (Wildman–Crippen MR) is 123 cm³/mol.